The summed E-state index contributed by atoms with van der Waals surface area (Å²) >= 11 is 0. The molecule has 0 radical (unpaired) electrons. The van der Waals surface area contributed by atoms with Gasteiger partial charge in [-0.05, 0) is 19.3 Å². The topological polar surface area (TPSA) is 125 Å². The van der Waals surface area contributed by atoms with Crippen LogP contribution in [0.15, 0.2) is 0 Å². The number of aliphatic carboxylic acids is 1. The summed E-state index contributed by atoms with van der Waals surface area (Å²) in [5.74, 6) is -1.98. The predicted molar refractivity (Wildman–Crippen MR) is 71.3 cm³/mol. The lowest BCUT2D eigenvalue weighted by Gasteiger charge is -2.34. The molecule has 0 bridgehead atoms. The summed E-state index contributed by atoms with van der Waals surface area (Å²) in [6.07, 6.45) is 3.57. The normalized spacial score (nSPS) is 24.9. The summed E-state index contributed by atoms with van der Waals surface area (Å²) in [7, 11) is 0. The van der Waals surface area contributed by atoms with Crippen molar-refractivity contribution in [2.75, 3.05) is 0 Å². The van der Waals surface area contributed by atoms with E-state index in [1.807, 2.05) is 0 Å². The lowest BCUT2D eigenvalue weighted by Crippen LogP contribution is -2.61. The van der Waals surface area contributed by atoms with E-state index < -0.39 is 29.5 Å². The van der Waals surface area contributed by atoms with Gasteiger partial charge in [0.2, 0.25) is 11.8 Å². The maximum atomic E-state index is 12.0. The van der Waals surface area contributed by atoms with E-state index in [0.29, 0.717) is 12.8 Å². The number of piperidine rings is 1. The maximum absolute atomic E-state index is 12.0. The number of carboxylic acids is 1. The van der Waals surface area contributed by atoms with Gasteiger partial charge in [-0.1, -0.05) is 19.3 Å². The highest BCUT2D eigenvalue weighted by Gasteiger charge is 2.41. The van der Waals surface area contributed by atoms with Crippen molar-refractivity contribution in [1.82, 2.24) is 16.0 Å². The Morgan fingerprint density at radius 3 is 2.43 bits per heavy atom. The zero-order valence-electron chi connectivity index (χ0n) is 11.6. The molecule has 8 nitrogen and oxygen atoms in total. The Balaban J connectivity index is 1.95. The van der Waals surface area contributed by atoms with Crippen LogP contribution in [0.3, 0.4) is 0 Å². The average Bonchev–Trinajstić information content (AvgIpc) is 2.43. The molecule has 4 amide bonds. The lowest BCUT2D eigenvalue weighted by atomic mass is 9.82. The molecule has 2 rings (SSSR count). The van der Waals surface area contributed by atoms with E-state index in [-0.39, 0.29) is 18.7 Å². The second-order valence-corrected chi connectivity index (χ2v) is 5.55. The molecular formula is C13H19N3O5. The van der Waals surface area contributed by atoms with Crippen molar-refractivity contribution in [1.29, 1.82) is 0 Å². The monoisotopic (exact) mass is 297 g/mol. The van der Waals surface area contributed by atoms with Crippen LogP contribution in [0.2, 0.25) is 0 Å². The molecule has 0 aromatic heterocycles. The molecule has 2 aliphatic rings. The van der Waals surface area contributed by atoms with Crippen LogP contribution in [0, 0.1) is 0 Å². The van der Waals surface area contributed by atoms with Crippen molar-refractivity contribution in [3.05, 3.63) is 0 Å². The Morgan fingerprint density at radius 1 is 1.19 bits per heavy atom. The van der Waals surface area contributed by atoms with Gasteiger partial charge in [-0.2, -0.15) is 0 Å². The van der Waals surface area contributed by atoms with Crippen molar-refractivity contribution in [2.24, 2.45) is 0 Å². The Labute approximate surface area is 121 Å². The predicted octanol–water partition coefficient (Wildman–Crippen LogP) is -0.122. The summed E-state index contributed by atoms with van der Waals surface area (Å²) in [5, 5.41) is 16.4. The van der Waals surface area contributed by atoms with E-state index in [1.165, 1.54) is 0 Å². The van der Waals surface area contributed by atoms with E-state index in [9.17, 15) is 24.3 Å². The summed E-state index contributed by atoms with van der Waals surface area (Å²) in [5.41, 5.74) is -1.26. The summed E-state index contributed by atoms with van der Waals surface area (Å²) in [6, 6.07) is -1.49. The molecule has 21 heavy (non-hydrogen) atoms. The zero-order chi connectivity index (χ0) is 15.5. The molecule has 1 unspecified atom stereocenters. The van der Waals surface area contributed by atoms with Crippen LogP contribution >= 0.6 is 0 Å². The van der Waals surface area contributed by atoms with Crippen molar-refractivity contribution in [2.45, 2.75) is 56.5 Å². The minimum Gasteiger partial charge on any atom is -0.480 e. The lowest BCUT2D eigenvalue weighted by molar-refractivity contribution is -0.145. The van der Waals surface area contributed by atoms with Gasteiger partial charge in [0, 0.05) is 6.42 Å². The van der Waals surface area contributed by atoms with Gasteiger partial charge >= 0.3 is 12.0 Å². The second kappa shape index (κ2) is 6.11. The average molecular weight is 297 g/mol. The number of imide groups is 1. The maximum Gasteiger partial charge on any atom is 0.329 e. The fraction of sp³-hybridized carbons (Fsp3) is 0.692. The highest BCUT2D eigenvalue weighted by atomic mass is 16.4. The van der Waals surface area contributed by atoms with Crippen molar-refractivity contribution >= 4 is 23.8 Å². The van der Waals surface area contributed by atoms with E-state index in [1.54, 1.807) is 0 Å². The zero-order valence-corrected chi connectivity index (χ0v) is 11.6. The van der Waals surface area contributed by atoms with Gasteiger partial charge in [0.1, 0.15) is 11.6 Å². The first kappa shape index (κ1) is 15.3. The summed E-state index contributed by atoms with van der Waals surface area (Å²) in [4.78, 5) is 46.0. The minimum absolute atomic E-state index is 0.154. The van der Waals surface area contributed by atoms with Gasteiger partial charge in [0.05, 0.1) is 0 Å². The smallest absolute Gasteiger partial charge is 0.329 e. The van der Waals surface area contributed by atoms with Crippen LogP contribution in [-0.4, -0.2) is 40.5 Å². The summed E-state index contributed by atoms with van der Waals surface area (Å²) in [6.45, 7) is 0. The van der Waals surface area contributed by atoms with Gasteiger partial charge < -0.3 is 15.7 Å². The number of amides is 4. The van der Waals surface area contributed by atoms with E-state index >= 15 is 0 Å². The molecule has 4 N–H and O–H groups in total. The van der Waals surface area contributed by atoms with Crippen LogP contribution < -0.4 is 16.0 Å². The Hall–Kier alpha value is -2.12. The molecule has 1 aliphatic carbocycles. The van der Waals surface area contributed by atoms with E-state index in [2.05, 4.69) is 16.0 Å². The molecule has 8 heteroatoms. The Bertz CT molecular complexity index is 470. The van der Waals surface area contributed by atoms with Crippen molar-refractivity contribution < 1.29 is 24.3 Å². The van der Waals surface area contributed by atoms with Crippen LogP contribution in [0.4, 0.5) is 4.79 Å². The number of hydrogen-bond acceptors (Lipinski definition) is 4. The fourth-order valence-corrected chi connectivity index (χ4v) is 2.79. The number of urea groups is 1. The van der Waals surface area contributed by atoms with Crippen LogP contribution in [0.1, 0.15) is 44.9 Å². The van der Waals surface area contributed by atoms with Gasteiger partial charge in [0.15, 0.2) is 0 Å². The standard InChI is InChI=1S/C13H19N3O5/c17-9-5-4-8(10(18)15-9)14-12(21)16-13(11(19)20)6-2-1-3-7-13/h8H,1-7H2,(H,19,20)(H2,14,16,21)(H,15,17,18). The molecule has 0 aromatic carbocycles. The van der Waals surface area contributed by atoms with Crippen LogP contribution in [0.5, 0.6) is 0 Å². The molecule has 0 spiro atoms. The number of nitrogens with one attached hydrogen (secondary N) is 3. The molecule has 1 saturated carbocycles. The quantitative estimate of drug-likeness (QED) is 0.540. The molecule has 0 aromatic rings. The molecular weight excluding hydrogens is 278 g/mol. The third-order valence-corrected chi connectivity index (χ3v) is 4.01. The first-order chi connectivity index (χ1) is 9.93. The third kappa shape index (κ3) is 3.50. The number of carbonyl (C=O) groups excluding carboxylic acids is 3. The largest absolute Gasteiger partial charge is 0.480 e. The number of rotatable bonds is 3. The summed E-state index contributed by atoms with van der Waals surface area (Å²) < 4.78 is 0. The minimum atomic E-state index is -1.26. The number of carboxylic acid groups (broad SMARTS) is 1. The molecule has 1 atom stereocenters. The Kier molecular flexibility index (Phi) is 4.44. The van der Waals surface area contributed by atoms with Crippen LogP contribution in [-0.2, 0) is 14.4 Å². The fourth-order valence-electron chi connectivity index (χ4n) is 2.79. The molecule has 1 saturated heterocycles. The van der Waals surface area contributed by atoms with Gasteiger partial charge in [-0.25, -0.2) is 9.59 Å². The SMILES string of the molecule is O=C1CCC(NC(=O)NC2(C(=O)O)CCCCC2)C(=O)N1. The van der Waals surface area contributed by atoms with E-state index in [0.717, 1.165) is 19.3 Å². The molecule has 2 fully saturated rings. The van der Waals surface area contributed by atoms with Crippen molar-refractivity contribution in [3.8, 4) is 0 Å². The van der Waals surface area contributed by atoms with Gasteiger partial charge in [-0.3, -0.25) is 14.9 Å². The van der Waals surface area contributed by atoms with Gasteiger partial charge in [-0.15, -0.1) is 0 Å². The van der Waals surface area contributed by atoms with Crippen molar-refractivity contribution in [3.63, 3.8) is 0 Å². The first-order valence-corrected chi connectivity index (χ1v) is 7.09. The third-order valence-electron chi connectivity index (χ3n) is 4.01. The second-order valence-electron chi connectivity index (χ2n) is 5.55. The number of carbonyl (C=O) groups is 4. The Morgan fingerprint density at radius 2 is 1.86 bits per heavy atom. The number of hydrogen-bond donors (Lipinski definition) is 4. The highest BCUT2D eigenvalue weighted by Crippen LogP contribution is 2.28. The molecule has 1 heterocycles. The highest BCUT2D eigenvalue weighted by molar-refractivity contribution is 6.01. The molecule has 1 aliphatic heterocycles. The van der Waals surface area contributed by atoms with Gasteiger partial charge in [0.25, 0.3) is 0 Å². The van der Waals surface area contributed by atoms with E-state index in [4.69, 9.17) is 0 Å². The van der Waals surface area contributed by atoms with Crippen LogP contribution in [0.25, 0.3) is 0 Å². The molecule has 116 valence electrons. The first-order valence-electron chi connectivity index (χ1n) is 7.09.